The molecule has 0 aliphatic carbocycles. The van der Waals surface area contributed by atoms with E-state index in [-0.39, 0.29) is 0 Å². The van der Waals surface area contributed by atoms with Gasteiger partial charge in [-0.05, 0) is 25.7 Å². The van der Waals surface area contributed by atoms with Gasteiger partial charge in [0.1, 0.15) is 0 Å². The summed E-state index contributed by atoms with van der Waals surface area (Å²) in [6.45, 7) is 11.2. The Labute approximate surface area is 65.3 Å². The Bertz CT molecular complexity index is 118. The smallest absolute Gasteiger partial charge is 0.0148 e. The van der Waals surface area contributed by atoms with Gasteiger partial charge >= 0.3 is 0 Å². The van der Waals surface area contributed by atoms with Crippen LogP contribution in [-0.4, -0.2) is 0 Å². The Kier molecular flexibility index (Phi) is 3.70. The predicted octanol–water partition coefficient (Wildman–Crippen LogP) is 3.78. The zero-order valence-corrected chi connectivity index (χ0v) is 7.99. The zero-order chi connectivity index (χ0) is 8.20. The van der Waals surface area contributed by atoms with E-state index in [9.17, 15) is 0 Å². The maximum atomic E-state index is 2.31. The summed E-state index contributed by atoms with van der Waals surface area (Å²) in [7, 11) is 0. The summed E-state index contributed by atoms with van der Waals surface area (Å²) in [5.41, 5.74) is 1.93. The van der Waals surface area contributed by atoms with Gasteiger partial charge in [-0.1, -0.05) is 38.8 Å². The van der Waals surface area contributed by atoms with Crippen LogP contribution >= 0.6 is 0 Å². The van der Waals surface area contributed by atoms with Gasteiger partial charge in [-0.2, -0.15) is 0 Å². The molecule has 0 saturated heterocycles. The molecule has 60 valence electrons. The van der Waals surface area contributed by atoms with Gasteiger partial charge in [-0.15, -0.1) is 0 Å². The van der Waals surface area contributed by atoms with Crippen LogP contribution in [0.3, 0.4) is 0 Å². The van der Waals surface area contributed by atoms with Crippen molar-refractivity contribution in [3.63, 3.8) is 0 Å². The van der Waals surface area contributed by atoms with E-state index in [0.29, 0.717) is 5.41 Å². The molecule has 0 rings (SSSR count). The minimum atomic E-state index is 0.420. The van der Waals surface area contributed by atoms with Crippen molar-refractivity contribution in [3.05, 3.63) is 11.6 Å². The third-order valence-electron chi connectivity index (χ3n) is 2.38. The second-order valence-electron chi connectivity index (χ2n) is 3.61. The normalized spacial score (nSPS) is 13.9. The average molecular weight is 140 g/mol. The van der Waals surface area contributed by atoms with Crippen LogP contribution in [-0.2, 0) is 0 Å². The second-order valence-corrected chi connectivity index (χ2v) is 3.61. The first-order chi connectivity index (χ1) is 4.54. The Balaban J connectivity index is 4.10. The van der Waals surface area contributed by atoms with Crippen LogP contribution in [0.25, 0.3) is 0 Å². The van der Waals surface area contributed by atoms with E-state index in [1.54, 1.807) is 0 Å². The van der Waals surface area contributed by atoms with Crippen LogP contribution in [0.15, 0.2) is 11.6 Å². The monoisotopic (exact) mass is 140 g/mol. The molecule has 0 aliphatic rings. The van der Waals surface area contributed by atoms with E-state index < -0.39 is 0 Å². The van der Waals surface area contributed by atoms with Crippen LogP contribution in [0.5, 0.6) is 0 Å². The topological polar surface area (TPSA) is 0 Å². The van der Waals surface area contributed by atoms with Gasteiger partial charge in [0, 0.05) is 0 Å². The van der Waals surface area contributed by atoms with Crippen LogP contribution in [0.2, 0.25) is 0 Å². The highest BCUT2D eigenvalue weighted by Crippen LogP contribution is 2.30. The van der Waals surface area contributed by atoms with E-state index in [1.807, 2.05) is 0 Å². The van der Waals surface area contributed by atoms with Gasteiger partial charge in [0.25, 0.3) is 0 Å². The minimum absolute atomic E-state index is 0.420. The lowest BCUT2D eigenvalue weighted by Crippen LogP contribution is -2.11. The molecule has 0 unspecified atom stereocenters. The lowest BCUT2D eigenvalue weighted by molar-refractivity contribution is 0.402. The molecule has 0 aromatic carbocycles. The molecule has 0 aromatic rings. The summed E-state index contributed by atoms with van der Waals surface area (Å²) in [5.74, 6) is 0. The Morgan fingerprint density at radius 3 is 2.20 bits per heavy atom. The average Bonchev–Trinajstić information content (AvgIpc) is 1.86. The van der Waals surface area contributed by atoms with Crippen molar-refractivity contribution in [2.24, 2.45) is 5.41 Å². The molecule has 0 aliphatic heterocycles. The first-order valence-electron chi connectivity index (χ1n) is 4.18. The van der Waals surface area contributed by atoms with Crippen LogP contribution in [0.1, 0.15) is 47.5 Å². The van der Waals surface area contributed by atoms with Gasteiger partial charge < -0.3 is 0 Å². The summed E-state index contributed by atoms with van der Waals surface area (Å²) < 4.78 is 0. The van der Waals surface area contributed by atoms with E-state index in [0.717, 1.165) is 0 Å². The maximum absolute atomic E-state index is 2.31. The lowest BCUT2D eigenvalue weighted by Gasteiger charge is -2.24. The summed E-state index contributed by atoms with van der Waals surface area (Å²) in [6, 6.07) is 0. The largest absolute Gasteiger partial charge is 0.0882 e. The number of hydrogen-bond acceptors (Lipinski definition) is 0. The van der Waals surface area contributed by atoms with Gasteiger partial charge in [-0.3, -0.25) is 0 Å². The maximum Gasteiger partial charge on any atom is -0.0148 e. The number of rotatable bonds is 3. The van der Waals surface area contributed by atoms with Gasteiger partial charge in [-0.25, -0.2) is 0 Å². The molecule has 0 radical (unpaired) electrons. The minimum Gasteiger partial charge on any atom is -0.0882 e. The Morgan fingerprint density at radius 2 is 1.90 bits per heavy atom. The highest BCUT2D eigenvalue weighted by Gasteiger charge is 2.17. The Morgan fingerprint density at radius 1 is 1.40 bits per heavy atom. The third-order valence-corrected chi connectivity index (χ3v) is 2.38. The van der Waals surface area contributed by atoms with E-state index in [4.69, 9.17) is 0 Å². The van der Waals surface area contributed by atoms with Crippen molar-refractivity contribution in [3.8, 4) is 0 Å². The zero-order valence-electron chi connectivity index (χ0n) is 7.99. The van der Waals surface area contributed by atoms with Crippen LogP contribution in [0, 0.1) is 5.41 Å². The fourth-order valence-corrected chi connectivity index (χ4v) is 1.21. The molecule has 0 spiro atoms. The molecule has 0 nitrogen and oxygen atoms in total. The molecule has 10 heavy (non-hydrogen) atoms. The fourth-order valence-electron chi connectivity index (χ4n) is 1.21. The molecular weight excluding hydrogens is 120 g/mol. The van der Waals surface area contributed by atoms with Crippen molar-refractivity contribution in [1.82, 2.24) is 0 Å². The second kappa shape index (κ2) is 3.80. The van der Waals surface area contributed by atoms with Gasteiger partial charge in [0.05, 0.1) is 0 Å². The van der Waals surface area contributed by atoms with E-state index in [1.165, 1.54) is 18.4 Å². The van der Waals surface area contributed by atoms with Gasteiger partial charge in [0.15, 0.2) is 0 Å². The molecule has 0 heterocycles. The third kappa shape index (κ3) is 2.55. The molecule has 0 fully saturated rings. The molecular formula is C10H20. The van der Waals surface area contributed by atoms with Crippen molar-refractivity contribution in [2.45, 2.75) is 47.5 Å². The predicted molar refractivity (Wildman–Crippen MR) is 48.1 cm³/mol. The van der Waals surface area contributed by atoms with Crippen LogP contribution in [0.4, 0.5) is 0 Å². The van der Waals surface area contributed by atoms with Crippen LogP contribution < -0.4 is 0 Å². The fraction of sp³-hybridized carbons (Fsp3) is 0.800. The molecule has 0 bridgehead atoms. The van der Waals surface area contributed by atoms with Gasteiger partial charge in [0.2, 0.25) is 0 Å². The number of hydrogen-bond donors (Lipinski definition) is 0. The quantitative estimate of drug-likeness (QED) is 0.523. The molecule has 0 saturated carbocycles. The van der Waals surface area contributed by atoms with E-state index >= 15 is 0 Å². The van der Waals surface area contributed by atoms with Crippen molar-refractivity contribution in [2.75, 3.05) is 0 Å². The highest BCUT2D eigenvalue weighted by molar-refractivity contribution is 5.07. The molecule has 0 heteroatoms. The van der Waals surface area contributed by atoms with Crippen molar-refractivity contribution in [1.29, 1.82) is 0 Å². The molecule has 0 aromatic heterocycles. The standard InChI is InChI=1S/C10H20/c1-6-8-10(4,5)9(3)7-2/h7H,6,8H2,1-5H3/b9-7-. The summed E-state index contributed by atoms with van der Waals surface area (Å²) >= 11 is 0. The highest BCUT2D eigenvalue weighted by atomic mass is 14.2. The Hall–Kier alpha value is -0.260. The molecule has 0 N–H and O–H groups in total. The van der Waals surface area contributed by atoms with Crippen molar-refractivity contribution < 1.29 is 0 Å². The van der Waals surface area contributed by atoms with E-state index in [2.05, 4.69) is 40.7 Å². The summed E-state index contributed by atoms with van der Waals surface area (Å²) in [4.78, 5) is 0. The lowest BCUT2D eigenvalue weighted by atomic mass is 9.81. The number of allylic oxidation sites excluding steroid dienone is 2. The first-order valence-corrected chi connectivity index (χ1v) is 4.18. The molecule has 0 atom stereocenters. The molecule has 0 amide bonds. The first kappa shape index (κ1) is 9.74. The SMILES string of the molecule is C/C=C(/C)C(C)(C)CCC. The van der Waals surface area contributed by atoms with Crippen molar-refractivity contribution >= 4 is 0 Å². The summed E-state index contributed by atoms with van der Waals surface area (Å²) in [6.07, 6.45) is 4.79. The summed E-state index contributed by atoms with van der Waals surface area (Å²) in [5, 5.41) is 0.